The molecule has 0 radical (unpaired) electrons. The standard InChI is InChI=1S/C19H20ClN3O2S/c1-11(2)10-23-18(20)14(12(3)22-23)8-13(9-17(24)25)19-21-15-6-4-5-7-16(15)26-19/h4-8,11H,9-10H2,1-3H3,(H,24,25). The van der Waals surface area contributed by atoms with Gasteiger partial charge in [-0.15, -0.1) is 11.3 Å². The van der Waals surface area contributed by atoms with Crippen molar-refractivity contribution in [3.8, 4) is 0 Å². The average molecular weight is 390 g/mol. The fraction of sp³-hybridized carbons (Fsp3) is 0.316. The molecule has 0 saturated carbocycles. The van der Waals surface area contributed by atoms with Crippen LogP contribution < -0.4 is 0 Å². The van der Waals surface area contributed by atoms with E-state index < -0.39 is 5.97 Å². The van der Waals surface area contributed by atoms with E-state index >= 15 is 0 Å². The van der Waals surface area contributed by atoms with E-state index in [1.807, 2.05) is 37.3 Å². The lowest BCUT2D eigenvalue weighted by molar-refractivity contribution is -0.135. The van der Waals surface area contributed by atoms with Crippen LogP contribution in [0.4, 0.5) is 0 Å². The van der Waals surface area contributed by atoms with Crippen molar-refractivity contribution in [1.82, 2.24) is 14.8 Å². The summed E-state index contributed by atoms with van der Waals surface area (Å²) < 4.78 is 2.79. The summed E-state index contributed by atoms with van der Waals surface area (Å²) in [5, 5.41) is 15.1. The molecule has 2 heterocycles. The number of aryl methyl sites for hydroxylation is 1. The molecular weight excluding hydrogens is 370 g/mol. The Morgan fingerprint density at radius 3 is 2.77 bits per heavy atom. The number of thiazole rings is 1. The number of para-hydroxylation sites is 1. The van der Waals surface area contributed by atoms with Gasteiger partial charge in [-0.3, -0.25) is 9.48 Å². The molecule has 136 valence electrons. The fourth-order valence-electron chi connectivity index (χ4n) is 2.73. The van der Waals surface area contributed by atoms with Crippen molar-refractivity contribution in [3.05, 3.63) is 45.7 Å². The number of aromatic nitrogens is 3. The first kappa shape index (κ1) is 18.6. The molecule has 3 rings (SSSR count). The third-order valence-corrected chi connectivity index (χ3v) is 5.39. The van der Waals surface area contributed by atoms with Crippen molar-refractivity contribution in [3.63, 3.8) is 0 Å². The molecule has 0 amide bonds. The summed E-state index contributed by atoms with van der Waals surface area (Å²) in [7, 11) is 0. The minimum Gasteiger partial charge on any atom is -0.481 e. The zero-order valence-corrected chi connectivity index (χ0v) is 16.4. The molecule has 26 heavy (non-hydrogen) atoms. The highest BCUT2D eigenvalue weighted by Gasteiger charge is 2.17. The molecule has 0 aliphatic rings. The SMILES string of the molecule is Cc1nn(CC(C)C)c(Cl)c1C=C(CC(=O)O)c1nc2ccccc2s1. The summed E-state index contributed by atoms with van der Waals surface area (Å²) in [4.78, 5) is 16.0. The lowest BCUT2D eigenvalue weighted by Crippen LogP contribution is -2.06. The Morgan fingerprint density at radius 2 is 2.12 bits per heavy atom. The van der Waals surface area contributed by atoms with Crippen LogP contribution in [0.15, 0.2) is 24.3 Å². The minimum absolute atomic E-state index is 0.120. The van der Waals surface area contributed by atoms with Gasteiger partial charge in [-0.1, -0.05) is 37.6 Å². The van der Waals surface area contributed by atoms with Crippen LogP contribution in [0.5, 0.6) is 0 Å². The molecule has 0 aliphatic heterocycles. The number of rotatable bonds is 6. The van der Waals surface area contributed by atoms with Crippen LogP contribution >= 0.6 is 22.9 Å². The molecule has 7 heteroatoms. The van der Waals surface area contributed by atoms with Crippen LogP contribution in [0.25, 0.3) is 21.9 Å². The lowest BCUT2D eigenvalue weighted by atomic mass is 10.1. The molecule has 5 nitrogen and oxygen atoms in total. The molecule has 0 saturated heterocycles. The number of halogens is 1. The van der Waals surface area contributed by atoms with Gasteiger partial charge in [-0.2, -0.15) is 5.10 Å². The summed E-state index contributed by atoms with van der Waals surface area (Å²) in [5.74, 6) is -0.495. The van der Waals surface area contributed by atoms with Crippen LogP contribution in [-0.4, -0.2) is 25.8 Å². The van der Waals surface area contributed by atoms with Gasteiger partial charge >= 0.3 is 5.97 Å². The predicted molar refractivity (Wildman–Crippen MR) is 107 cm³/mol. The summed E-state index contributed by atoms with van der Waals surface area (Å²) in [6.07, 6.45) is 1.69. The molecule has 0 aliphatic carbocycles. The van der Waals surface area contributed by atoms with E-state index in [-0.39, 0.29) is 6.42 Å². The molecule has 0 bridgehead atoms. The van der Waals surface area contributed by atoms with Gasteiger partial charge in [0.15, 0.2) is 0 Å². The van der Waals surface area contributed by atoms with Crippen molar-refractivity contribution in [2.45, 2.75) is 33.7 Å². The van der Waals surface area contributed by atoms with Crippen molar-refractivity contribution in [2.24, 2.45) is 5.92 Å². The smallest absolute Gasteiger partial charge is 0.307 e. The second kappa shape index (κ2) is 7.60. The molecule has 2 aromatic heterocycles. The Hall–Kier alpha value is -2.18. The Labute approximate surface area is 160 Å². The highest BCUT2D eigenvalue weighted by molar-refractivity contribution is 7.19. The van der Waals surface area contributed by atoms with Crippen molar-refractivity contribution in [1.29, 1.82) is 0 Å². The summed E-state index contributed by atoms with van der Waals surface area (Å²) in [6.45, 7) is 6.79. The highest BCUT2D eigenvalue weighted by Crippen LogP contribution is 2.32. The van der Waals surface area contributed by atoms with Crippen LogP contribution in [0.2, 0.25) is 5.15 Å². The molecule has 1 N–H and O–H groups in total. The van der Waals surface area contributed by atoms with E-state index in [0.717, 1.165) is 21.5 Å². The zero-order chi connectivity index (χ0) is 18.8. The van der Waals surface area contributed by atoms with E-state index in [9.17, 15) is 9.90 Å². The summed E-state index contributed by atoms with van der Waals surface area (Å²) >= 11 is 7.99. The maximum absolute atomic E-state index is 11.4. The van der Waals surface area contributed by atoms with E-state index in [1.54, 1.807) is 4.68 Å². The van der Waals surface area contributed by atoms with E-state index in [0.29, 0.717) is 28.2 Å². The van der Waals surface area contributed by atoms with E-state index in [4.69, 9.17) is 11.6 Å². The topological polar surface area (TPSA) is 68.0 Å². The van der Waals surface area contributed by atoms with Gasteiger partial charge in [0.05, 0.1) is 22.3 Å². The van der Waals surface area contributed by atoms with E-state index in [1.165, 1.54) is 11.3 Å². The Balaban J connectivity index is 2.08. The first-order valence-electron chi connectivity index (χ1n) is 8.36. The maximum atomic E-state index is 11.4. The summed E-state index contributed by atoms with van der Waals surface area (Å²) in [6, 6.07) is 7.77. The number of carbonyl (C=O) groups is 1. The van der Waals surface area contributed by atoms with Gasteiger partial charge in [0.2, 0.25) is 0 Å². The molecule has 1 aromatic carbocycles. The normalized spacial score (nSPS) is 12.3. The quantitative estimate of drug-likeness (QED) is 0.634. The van der Waals surface area contributed by atoms with Crippen molar-refractivity contribution in [2.75, 3.05) is 0 Å². The third-order valence-electron chi connectivity index (χ3n) is 3.88. The van der Waals surface area contributed by atoms with Crippen molar-refractivity contribution >= 4 is 50.8 Å². The number of fused-ring (bicyclic) bond motifs is 1. The monoisotopic (exact) mass is 389 g/mol. The number of hydrogen-bond donors (Lipinski definition) is 1. The maximum Gasteiger partial charge on any atom is 0.307 e. The van der Waals surface area contributed by atoms with Crippen molar-refractivity contribution < 1.29 is 9.90 Å². The van der Waals surface area contributed by atoms with Crippen LogP contribution in [0.3, 0.4) is 0 Å². The molecule has 3 aromatic rings. The van der Waals surface area contributed by atoms with Gasteiger partial charge in [-0.05, 0) is 36.6 Å². The van der Waals surface area contributed by atoms with Gasteiger partial charge < -0.3 is 5.11 Å². The summed E-state index contributed by atoms with van der Waals surface area (Å²) in [5.41, 5.74) is 3.03. The number of nitrogens with zero attached hydrogens (tertiary/aromatic N) is 3. The number of benzene rings is 1. The molecular formula is C19H20ClN3O2S. The van der Waals surface area contributed by atoms with E-state index in [2.05, 4.69) is 23.9 Å². The number of carboxylic acid groups (broad SMARTS) is 1. The Bertz CT molecular complexity index is 955. The average Bonchev–Trinajstić information content (AvgIpc) is 3.10. The molecule has 0 unspecified atom stereocenters. The Kier molecular flexibility index (Phi) is 5.44. The highest BCUT2D eigenvalue weighted by atomic mass is 35.5. The minimum atomic E-state index is -0.904. The fourth-order valence-corrected chi connectivity index (χ4v) is 4.01. The second-order valence-corrected chi connectivity index (χ2v) is 7.98. The third kappa shape index (κ3) is 3.97. The lowest BCUT2D eigenvalue weighted by Gasteiger charge is -2.06. The largest absolute Gasteiger partial charge is 0.481 e. The first-order chi connectivity index (χ1) is 12.3. The zero-order valence-electron chi connectivity index (χ0n) is 14.9. The van der Waals surface area contributed by atoms with Crippen LogP contribution in [0, 0.1) is 12.8 Å². The molecule has 0 fully saturated rings. The van der Waals surface area contributed by atoms with Gasteiger partial charge in [0, 0.05) is 12.1 Å². The number of aliphatic carboxylic acids is 1. The van der Waals surface area contributed by atoms with Crippen LogP contribution in [-0.2, 0) is 11.3 Å². The first-order valence-corrected chi connectivity index (χ1v) is 9.55. The van der Waals surface area contributed by atoms with Crippen LogP contribution in [0.1, 0.15) is 36.5 Å². The second-order valence-electron chi connectivity index (χ2n) is 6.59. The van der Waals surface area contributed by atoms with Gasteiger partial charge in [-0.25, -0.2) is 4.98 Å². The molecule has 0 spiro atoms. The number of carboxylic acids is 1. The van der Waals surface area contributed by atoms with Gasteiger partial charge in [0.25, 0.3) is 0 Å². The predicted octanol–water partition coefficient (Wildman–Crippen LogP) is 5.13. The van der Waals surface area contributed by atoms with Gasteiger partial charge in [0.1, 0.15) is 10.2 Å². The molecule has 0 atom stereocenters. The number of hydrogen-bond acceptors (Lipinski definition) is 4. The Morgan fingerprint density at radius 1 is 1.38 bits per heavy atom.